The van der Waals surface area contributed by atoms with Crippen molar-refractivity contribution >= 4 is 11.6 Å². The normalized spacial score (nSPS) is 13.1. The Morgan fingerprint density at radius 3 is 2.37 bits per heavy atom. The van der Waals surface area contributed by atoms with Crippen molar-refractivity contribution in [2.75, 3.05) is 18.5 Å². The minimum absolute atomic E-state index is 0.00118. The summed E-state index contributed by atoms with van der Waals surface area (Å²) in [5.41, 5.74) is 1.04. The van der Waals surface area contributed by atoms with Crippen LogP contribution in [0.1, 0.15) is 32.4 Å². The van der Waals surface area contributed by atoms with Crippen LogP contribution in [-0.4, -0.2) is 34.8 Å². The predicted octanol–water partition coefficient (Wildman–Crippen LogP) is 1.04. The zero-order valence-corrected chi connectivity index (χ0v) is 11.6. The minimum Gasteiger partial charge on any atom is -0.394 e. The Kier molecular flexibility index (Phi) is 5.47. The van der Waals surface area contributed by atoms with Crippen molar-refractivity contribution in [3.63, 3.8) is 0 Å². The summed E-state index contributed by atoms with van der Waals surface area (Å²) < 4.78 is 0. The number of β-amino-alcohol motifs (C(OH)–C–C–N with tert-alkyl or cyclic N) is 1. The van der Waals surface area contributed by atoms with Crippen LogP contribution in [0.5, 0.6) is 0 Å². The molecule has 0 heterocycles. The lowest BCUT2D eigenvalue weighted by atomic mass is 10.0. The lowest BCUT2D eigenvalue weighted by molar-refractivity contribution is -0.114. The largest absolute Gasteiger partial charge is 0.394 e. The quantitative estimate of drug-likeness (QED) is 0.620. The Labute approximate surface area is 113 Å². The van der Waals surface area contributed by atoms with Crippen LogP contribution in [-0.2, 0) is 4.79 Å². The molecule has 0 radical (unpaired) electrons. The van der Waals surface area contributed by atoms with E-state index in [0.717, 1.165) is 5.56 Å². The van der Waals surface area contributed by atoms with Gasteiger partial charge in [-0.05, 0) is 31.5 Å². The Bertz CT molecular complexity index is 415. The van der Waals surface area contributed by atoms with Crippen LogP contribution in [0.2, 0.25) is 0 Å². The molecular weight excluding hydrogens is 244 g/mol. The van der Waals surface area contributed by atoms with E-state index >= 15 is 0 Å². The van der Waals surface area contributed by atoms with Crippen LogP contribution in [0.3, 0.4) is 0 Å². The van der Waals surface area contributed by atoms with Gasteiger partial charge in [0.1, 0.15) is 0 Å². The first-order valence-corrected chi connectivity index (χ1v) is 6.25. The van der Waals surface area contributed by atoms with Gasteiger partial charge in [0.25, 0.3) is 0 Å². The van der Waals surface area contributed by atoms with Gasteiger partial charge < -0.3 is 20.8 Å². The number of anilines is 1. The average molecular weight is 266 g/mol. The molecular formula is C14H22N2O3. The van der Waals surface area contributed by atoms with Crippen LogP contribution < -0.4 is 10.6 Å². The van der Waals surface area contributed by atoms with E-state index in [-0.39, 0.29) is 12.5 Å². The molecule has 0 aliphatic carbocycles. The molecule has 0 aliphatic rings. The van der Waals surface area contributed by atoms with Gasteiger partial charge in [0, 0.05) is 24.7 Å². The van der Waals surface area contributed by atoms with Crippen LogP contribution in [0.25, 0.3) is 0 Å². The van der Waals surface area contributed by atoms with Crippen LogP contribution in [0.15, 0.2) is 24.3 Å². The fraction of sp³-hybridized carbons (Fsp3) is 0.500. The Morgan fingerprint density at radius 1 is 1.32 bits per heavy atom. The summed E-state index contributed by atoms with van der Waals surface area (Å²) in [4.78, 5) is 10.9. The summed E-state index contributed by atoms with van der Waals surface area (Å²) in [6.45, 7) is 5.52. The number of benzene rings is 1. The maximum atomic E-state index is 10.9. The van der Waals surface area contributed by atoms with Crippen molar-refractivity contribution < 1.29 is 15.0 Å². The fourth-order valence-electron chi connectivity index (χ4n) is 1.54. The van der Waals surface area contributed by atoms with E-state index in [2.05, 4.69) is 10.6 Å². The van der Waals surface area contributed by atoms with Crippen molar-refractivity contribution in [3.05, 3.63) is 29.8 Å². The SMILES string of the molecule is CC(=O)Nc1ccc(C(O)CNC(C)(C)CO)cc1. The van der Waals surface area contributed by atoms with Crippen molar-refractivity contribution in [3.8, 4) is 0 Å². The summed E-state index contributed by atoms with van der Waals surface area (Å²) in [6.07, 6.45) is -0.655. The van der Waals surface area contributed by atoms with E-state index in [0.29, 0.717) is 12.2 Å². The molecule has 1 atom stereocenters. The molecule has 4 N–H and O–H groups in total. The number of hydrogen-bond acceptors (Lipinski definition) is 4. The first-order chi connectivity index (χ1) is 8.84. The Morgan fingerprint density at radius 2 is 1.89 bits per heavy atom. The maximum absolute atomic E-state index is 10.9. The monoisotopic (exact) mass is 266 g/mol. The smallest absolute Gasteiger partial charge is 0.221 e. The lowest BCUT2D eigenvalue weighted by Crippen LogP contribution is -2.44. The molecule has 0 saturated heterocycles. The van der Waals surface area contributed by atoms with Crippen LogP contribution >= 0.6 is 0 Å². The van der Waals surface area contributed by atoms with Gasteiger partial charge in [0.2, 0.25) is 5.91 Å². The fourth-order valence-corrected chi connectivity index (χ4v) is 1.54. The second-order valence-corrected chi connectivity index (χ2v) is 5.24. The number of aliphatic hydroxyl groups is 2. The molecule has 5 heteroatoms. The van der Waals surface area contributed by atoms with Gasteiger partial charge in [-0.2, -0.15) is 0 Å². The number of rotatable bonds is 6. The summed E-state index contributed by atoms with van der Waals surface area (Å²) in [5.74, 6) is -0.125. The molecule has 0 aliphatic heterocycles. The van der Waals surface area contributed by atoms with Crippen molar-refractivity contribution in [1.82, 2.24) is 5.32 Å². The van der Waals surface area contributed by atoms with E-state index in [1.807, 2.05) is 13.8 Å². The molecule has 1 aromatic rings. The molecule has 0 spiro atoms. The summed E-state index contributed by atoms with van der Waals surface area (Å²) in [5, 5.41) is 24.9. The first-order valence-electron chi connectivity index (χ1n) is 6.25. The van der Waals surface area contributed by atoms with Crippen LogP contribution in [0.4, 0.5) is 5.69 Å². The van der Waals surface area contributed by atoms with Crippen LogP contribution in [0, 0.1) is 0 Å². The molecule has 106 valence electrons. The van der Waals surface area contributed by atoms with Gasteiger partial charge in [-0.1, -0.05) is 12.1 Å². The Balaban J connectivity index is 2.58. The molecule has 19 heavy (non-hydrogen) atoms. The average Bonchev–Trinajstić information content (AvgIpc) is 2.36. The minimum atomic E-state index is -0.655. The second-order valence-electron chi connectivity index (χ2n) is 5.24. The molecule has 0 bridgehead atoms. The van der Waals surface area contributed by atoms with Gasteiger partial charge in [-0.15, -0.1) is 0 Å². The van der Waals surface area contributed by atoms with Crippen molar-refractivity contribution in [2.24, 2.45) is 0 Å². The zero-order chi connectivity index (χ0) is 14.5. The molecule has 1 rings (SSSR count). The third-order valence-electron chi connectivity index (χ3n) is 2.79. The third-order valence-corrected chi connectivity index (χ3v) is 2.79. The van der Waals surface area contributed by atoms with Gasteiger partial charge in [-0.3, -0.25) is 4.79 Å². The van der Waals surface area contributed by atoms with E-state index in [1.165, 1.54) is 6.92 Å². The number of aliphatic hydroxyl groups excluding tert-OH is 2. The van der Waals surface area contributed by atoms with Crippen molar-refractivity contribution in [2.45, 2.75) is 32.4 Å². The van der Waals surface area contributed by atoms with E-state index in [9.17, 15) is 9.90 Å². The summed E-state index contributed by atoms with van der Waals surface area (Å²) in [7, 11) is 0. The van der Waals surface area contributed by atoms with Gasteiger partial charge in [-0.25, -0.2) is 0 Å². The summed E-state index contributed by atoms with van der Waals surface area (Å²) >= 11 is 0. The second kappa shape index (κ2) is 6.65. The molecule has 1 amide bonds. The first kappa shape index (κ1) is 15.6. The van der Waals surface area contributed by atoms with E-state index in [4.69, 9.17) is 5.11 Å². The predicted molar refractivity (Wildman–Crippen MR) is 74.9 cm³/mol. The topological polar surface area (TPSA) is 81.6 Å². The standard InChI is InChI=1S/C14H22N2O3/c1-10(18)16-12-6-4-11(5-7-12)13(19)8-15-14(2,3)9-17/h4-7,13,15,17,19H,8-9H2,1-3H3,(H,16,18). The highest BCUT2D eigenvalue weighted by molar-refractivity contribution is 5.88. The maximum Gasteiger partial charge on any atom is 0.221 e. The number of nitrogens with one attached hydrogen (secondary N) is 2. The molecule has 0 aromatic heterocycles. The Hall–Kier alpha value is -1.43. The van der Waals surface area contributed by atoms with E-state index < -0.39 is 11.6 Å². The molecule has 5 nitrogen and oxygen atoms in total. The molecule has 0 fully saturated rings. The van der Waals surface area contributed by atoms with Gasteiger partial charge in [0.15, 0.2) is 0 Å². The van der Waals surface area contributed by atoms with E-state index in [1.54, 1.807) is 24.3 Å². The highest BCUT2D eigenvalue weighted by Crippen LogP contribution is 2.16. The summed E-state index contributed by atoms with van der Waals surface area (Å²) in [6, 6.07) is 7.03. The molecule has 1 aromatic carbocycles. The lowest BCUT2D eigenvalue weighted by Gasteiger charge is -2.25. The molecule has 1 unspecified atom stereocenters. The highest BCUT2D eigenvalue weighted by atomic mass is 16.3. The third kappa shape index (κ3) is 5.38. The van der Waals surface area contributed by atoms with Gasteiger partial charge >= 0.3 is 0 Å². The zero-order valence-electron chi connectivity index (χ0n) is 11.6. The molecule has 0 saturated carbocycles. The number of carbonyl (C=O) groups excluding carboxylic acids is 1. The number of carbonyl (C=O) groups is 1. The van der Waals surface area contributed by atoms with Crippen molar-refractivity contribution in [1.29, 1.82) is 0 Å². The van der Waals surface area contributed by atoms with Gasteiger partial charge in [0.05, 0.1) is 12.7 Å². The number of amides is 1. The highest BCUT2D eigenvalue weighted by Gasteiger charge is 2.17. The number of hydrogen-bond donors (Lipinski definition) is 4.